The first-order valence-electron chi connectivity index (χ1n) is 11.5. The predicted molar refractivity (Wildman–Crippen MR) is 134 cm³/mol. The number of rotatable bonds is 12. The maximum atomic E-state index is 12.1. The number of methoxy groups -OCH3 is 1. The van der Waals surface area contributed by atoms with Gasteiger partial charge in [-0.25, -0.2) is 4.79 Å². The number of benzene rings is 2. The monoisotopic (exact) mass is 449 g/mol. The summed E-state index contributed by atoms with van der Waals surface area (Å²) in [5.74, 6) is -0.0787. The van der Waals surface area contributed by atoms with Crippen LogP contribution >= 0.6 is 0 Å². The third kappa shape index (κ3) is 5.96. The molecule has 3 rings (SSSR count). The molecule has 0 aliphatic rings. The molecule has 0 amide bonds. The van der Waals surface area contributed by atoms with E-state index in [9.17, 15) is 9.90 Å². The first-order chi connectivity index (χ1) is 16.0. The SMILES string of the molecule is CCN(CCCNCc1c(C(=O)O)c(C)n(Cc2cccc(OC)c2)c1C)c1ccccc1. The zero-order chi connectivity index (χ0) is 23.8. The smallest absolute Gasteiger partial charge is 0.337 e. The van der Waals surface area contributed by atoms with Gasteiger partial charge < -0.3 is 24.6 Å². The van der Waals surface area contributed by atoms with Crippen LogP contribution in [0.2, 0.25) is 0 Å². The van der Waals surface area contributed by atoms with Crippen LogP contribution in [0.4, 0.5) is 5.69 Å². The normalized spacial score (nSPS) is 10.9. The Hall–Kier alpha value is -3.25. The number of para-hydroxylation sites is 1. The maximum Gasteiger partial charge on any atom is 0.337 e. The molecule has 2 N–H and O–H groups in total. The molecule has 0 atom stereocenters. The quantitative estimate of drug-likeness (QED) is 0.386. The number of carbonyl (C=O) groups is 1. The highest BCUT2D eigenvalue weighted by molar-refractivity contribution is 5.91. The first kappa shape index (κ1) is 24.4. The molecule has 3 aromatic rings. The first-order valence-corrected chi connectivity index (χ1v) is 11.5. The fraction of sp³-hybridized carbons (Fsp3) is 0.370. The molecule has 0 spiro atoms. The van der Waals surface area contributed by atoms with Gasteiger partial charge >= 0.3 is 5.97 Å². The molecule has 0 fully saturated rings. The Balaban J connectivity index is 1.66. The van der Waals surface area contributed by atoms with Gasteiger partial charge in [-0.05, 0) is 63.6 Å². The Kier molecular flexibility index (Phi) is 8.55. The van der Waals surface area contributed by atoms with Gasteiger partial charge in [-0.3, -0.25) is 0 Å². The van der Waals surface area contributed by atoms with Crippen molar-refractivity contribution >= 4 is 11.7 Å². The van der Waals surface area contributed by atoms with Gasteiger partial charge in [-0.2, -0.15) is 0 Å². The fourth-order valence-electron chi connectivity index (χ4n) is 4.36. The van der Waals surface area contributed by atoms with Crippen molar-refractivity contribution in [3.8, 4) is 5.75 Å². The van der Waals surface area contributed by atoms with Gasteiger partial charge in [0.2, 0.25) is 0 Å². The summed E-state index contributed by atoms with van der Waals surface area (Å²) < 4.78 is 7.42. The molecule has 1 aromatic heterocycles. The zero-order valence-electron chi connectivity index (χ0n) is 20.1. The van der Waals surface area contributed by atoms with Gasteiger partial charge in [0, 0.05) is 48.8 Å². The second kappa shape index (κ2) is 11.6. The van der Waals surface area contributed by atoms with E-state index in [0.717, 1.165) is 54.3 Å². The van der Waals surface area contributed by atoms with Crippen LogP contribution in [0.3, 0.4) is 0 Å². The van der Waals surface area contributed by atoms with Gasteiger partial charge in [0.05, 0.1) is 12.7 Å². The van der Waals surface area contributed by atoms with E-state index in [4.69, 9.17) is 4.74 Å². The van der Waals surface area contributed by atoms with Crippen LogP contribution in [-0.2, 0) is 13.1 Å². The second-order valence-corrected chi connectivity index (χ2v) is 8.21. The lowest BCUT2D eigenvalue weighted by Gasteiger charge is -2.23. The summed E-state index contributed by atoms with van der Waals surface area (Å²) in [5, 5.41) is 13.4. The lowest BCUT2D eigenvalue weighted by molar-refractivity contribution is 0.0694. The lowest BCUT2D eigenvalue weighted by atomic mass is 10.1. The average Bonchev–Trinajstić information content (AvgIpc) is 3.06. The number of ether oxygens (including phenoxy) is 1. The van der Waals surface area contributed by atoms with Crippen LogP contribution in [0.1, 0.15) is 46.2 Å². The van der Waals surface area contributed by atoms with E-state index >= 15 is 0 Å². The molecule has 6 nitrogen and oxygen atoms in total. The highest BCUT2D eigenvalue weighted by Crippen LogP contribution is 2.25. The van der Waals surface area contributed by atoms with E-state index in [1.54, 1.807) is 7.11 Å². The molecule has 1 heterocycles. The van der Waals surface area contributed by atoms with Crippen molar-refractivity contribution in [2.75, 3.05) is 31.6 Å². The van der Waals surface area contributed by atoms with Gasteiger partial charge in [-0.1, -0.05) is 30.3 Å². The average molecular weight is 450 g/mol. The van der Waals surface area contributed by atoms with Gasteiger partial charge in [0.1, 0.15) is 5.75 Å². The molecule has 0 saturated carbocycles. The second-order valence-electron chi connectivity index (χ2n) is 8.21. The van der Waals surface area contributed by atoms with Crippen molar-refractivity contribution in [1.82, 2.24) is 9.88 Å². The molecule has 0 radical (unpaired) electrons. The Bertz CT molecular complexity index is 1060. The highest BCUT2D eigenvalue weighted by atomic mass is 16.5. The molecule has 0 bridgehead atoms. The number of nitrogens with one attached hydrogen (secondary N) is 1. The summed E-state index contributed by atoms with van der Waals surface area (Å²) in [4.78, 5) is 14.4. The number of nitrogens with zero attached hydrogens (tertiary/aromatic N) is 2. The van der Waals surface area contributed by atoms with Crippen molar-refractivity contribution in [3.05, 3.63) is 82.7 Å². The van der Waals surface area contributed by atoms with Crippen LogP contribution < -0.4 is 15.0 Å². The third-order valence-electron chi connectivity index (χ3n) is 6.19. The van der Waals surface area contributed by atoms with Crippen LogP contribution in [0.5, 0.6) is 5.75 Å². The fourth-order valence-corrected chi connectivity index (χ4v) is 4.36. The van der Waals surface area contributed by atoms with E-state index in [-0.39, 0.29) is 0 Å². The molecule has 176 valence electrons. The number of aromatic carboxylic acids is 1. The molecular weight excluding hydrogens is 414 g/mol. The number of carboxylic acids is 1. The van der Waals surface area contributed by atoms with Crippen LogP contribution in [0.25, 0.3) is 0 Å². The van der Waals surface area contributed by atoms with E-state index in [1.807, 2.05) is 44.2 Å². The molecule has 0 unspecified atom stereocenters. The Morgan fingerprint density at radius 2 is 1.85 bits per heavy atom. The highest BCUT2D eigenvalue weighted by Gasteiger charge is 2.22. The number of aromatic nitrogens is 1. The summed E-state index contributed by atoms with van der Waals surface area (Å²) in [7, 11) is 1.65. The molecule has 0 saturated heterocycles. The third-order valence-corrected chi connectivity index (χ3v) is 6.19. The topological polar surface area (TPSA) is 66.7 Å². The summed E-state index contributed by atoms with van der Waals surface area (Å²) >= 11 is 0. The molecule has 33 heavy (non-hydrogen) atoms. The number of anilines is 1. The van der Waals surface area contributed by atoms with Gasteiger partial charge in [0.15, 0.2) is 0 Å². The van der Waals surface area contributed by atoms with Crippen LogP contribution in [0.15, 0.2) is 54.6 Å². The molecule has 0 aliphatic carbocycles. The Morgan fingerprint density at radius 3 is 2.52 bits per heavy atom. The molecule has 6 heteroatoms. The van der Waals surface area contributed by atoms with E-state index in [1.165, 1.54) is 5.69 Å². The molecule has 0 aliphatic heterocycles. The van der Waals surface area contributed by atoms with Gasteiger partial charge in [-0.15, -0.1) is 0 Å². The molecule has 2 aromatic carbocycles. The Morgan fingerprint density at radius 1 is 1.09 bits per heavy atom. The van der Waals surface area contributed by atoms with Crippen LogP contribution in [-0.4, -0.2) is 42.4 Å². The minimum Gasteiger partial charge on any atom is -0.497 e. The zero-order valence-corrected chi connectivity index (χ0v) is 20.1. The van der Waals surface area contributed by atoms with E-state index in [2.05, 4.69) is 46.0 Å². The van der Waals surface area contributed by atoms with E-state index < -0.39 is 5.97 Å². The number of hydrogen-bond donors (Lipinski definition) is 2. The lowest BCUT2D eigenvalue weighted by Crippen LogP contribution is -2.27. The summed E-state index contributed by atoms with van der Waals surface area (Å²) in [6.45, 7) is 9.93. The standard InChI is InChI=1S/C27H35N3O3/c1-5-29(23-12-7-6-8-13-23)16-10-15-28-18-25-20(2)30(21(3)26(25)27(31)32)19-22-11-9-14-24(17-22)33-4/h6-9,11-14,17,28H,5,10,15-16,18-19H2,1-4H3,(H,31,32). The van der Waals surface area contributed by atoms with Crippen molar-refractivity contribution in [1.29, 1.82) is 0 Å². The maximum absolute atomic E-state index is 12.1. The van der Waals surface area contributed by atoms with Crippen molar-refractivity contribution in [2.24, 2.45) is 0 Å². The van der Waals surface area contributed by atoms with E-state index in [0.29, 0.717) is 18.7 Å². The van der Waals surface area contributed by atoms with Crippen LogP contribution in [0, 0.1) is 13.8 Å². The summed E-state index contributed by atoms with van der Waals surface area (Å²) in [6.07, 6.45) is 0.980. The van der Waals surface area contributed by atoms with Crippen molar-refractivity contribution in [3.63, 3.8) is 0 Å². The minimum atomic E-state index is -0.877. The van der Waals surface area contributed by atoms with Crippen molar-refractivity contribution in [2.45, 2.75) is 40.3 Å². The van der Waals surface area contributed by atoms with Gasteiger partial charge in [0.25, 0.3) is 0 Å². The largest absolute Gasteiger partial charge is 0.497 e. The van der Waals surface area contributed by atoms with Crippen molar-refractivity contribution < 1.29 is 14.6 Å². The molecular formula is C27H35N3O3. The predicted octanol–water partition coefficient (Wildman–Crippen LogP) is 4.87. The minimum absolute atomic E-state index is 0.405. The summed E-state index contributed by atoms with van der Waals surface area (Å²) in [5.41, 5.74) is 5.34. The Labute approximate surface area is 196 Å². The summed E-state index contributed by atoms with van der Waals surface area (Å²) in [6, 6.07) is 18.3. The number of hydrogen-bond acceptors (Lipinski definition) is 4. The number of carboxylic acid groups (broad SMARTS) is 1.